The molecule has 0 bridgehead atoms. The number of hydrogen-bond acceptors (Lipinski definition) is 3. The average Bonchev–Trinajstić information content (AvgIpc) is 2.57. The predicted molar refractivity (Wildman–Crippen MR) is 103 cm³/mol. The molecule has 132 valence electrons. The van der Waals surface area contributed by atoms with E-state index in [0.717, 1.165) is 5.75 Å². The number of rotatable bonds is 6. The van der Waals surface area contributed by atoms with Crippen LogP contribution in [0.15, 0.2) is 48.5 Å². The predicted octanol–water partition coefficient (Wildman–Crippen LogP) is 4.31. The van der Waals surface area contributed by atoms with E-state index in [1.54, 1.807) is 60.3 Å². The Morgan fingerprint density at radius 3 is 2.04 bits per heavy atom. The van der Waals surface area contributed by atoms with Crippen LogP contribution in [-0.4, -0.2) is 34.0 Å². The first-order valence-electron chi connectivity index (χ1n) is 8.13. The molecule has 0 spiro atoms. The van der Waals surface area contributed by atoms with Crippen LogP contribution in [0.3, 0.4) is 0 Å². The van der Waals surface area contributed by atoms with Crippen LogP contribution in [0.25, 0.3) is 11.1 Å². The highest BCUT2D eigenvalue weighted by atomic mass is 32.2. The molecule has 1 amide bonds. The van der Waals surface area contributed by atoms with Gasteiger partial charge in [0.25, 0.3) is 5.91 Å². The molecule has 25 heavy (non-hydrogen) atoms. The van der Waals surface area contributed by atoms with E-state index in [0.29, 0.717) is 23.2 Å². The third-order valence-corrected chi connectivity index (χ3v) is 4.82. The van der Waals surface area contributed by atoms with Crippen molar-refractivity contribution >= 4 is 23.6 Å². The minimum Gasteiger partial charge on any atom is -0.478 e. The number of benzene rings is 2. The Bertz CT molecular complexity index is 766. The zero-order chi connectivity index (χ0) is 18.4. The number of thioether (sulfide) groups is 1. The highest BCUT2D eigenvalue weighted by Gasteiger charge is 2.17. The van der Waals surface area contributed by atoms with Crippen molar-refractivity contribution in [2.75, 3.05) is 12.3 Å². The summed E-state index contributed by atoms with van der Waals surface area (Å²) in [5.74, 6) is -0.374. The van der Waals surface area contributed by atoms with E-state index < -0.39 is 5.97 Å². The molecule has 2 rings (SSSR count). The molecule has 4 nitrogen and oxygen atoms in total. The molecule has 0 unspecified atom stereocenters. The summed E-state index contributed by atoms with van der Waals surface area (Å²) in [6.45, 7) is 6.97. The van der Waals surface area contributed by atoms with Gasteiger partial charge >= 0.3 is 5.97 Å². The fourth-order valence-electron chi connectivity index (χ4n) is 2.44. The molecule has 0 saturated carbocycles. The van der Waals surface area contributed by atoms with Crippen LogP contribution in [0.4, 0.5) is 0 Å². The van der Waals surface area contributed by atoms with Crippen LogP contribution >= 0.6 is 11.8 Å². The van der Waals surface area contributed by atoms with E-state index in [9.17, 15) is 14.7 Å². The van der Waals surface area contributed by atoms with E-state index in [-0.39, 0.29) is 16.2 Å². The smallest absolute Gasteiger partial charge is 0.336 e. The monoisotopic (exact) mass is 357 g/mol. The van der Waals surface area contributed by atoms with Gasteiger partial charge in [0.15, 0.2) is 0 Å². The Hall–Kier alpha value is -2.27. The minimum absolute atomic E-state index is 0.156. The van der Waals surface area contributed by atoms with Crippen LogP contribution in [-0.2, 0) is 0 Å². The number of hydrogen-bond donors (Lipinski definition) is 2. The molecule has 0 fully saturated rings. The molecule has 0 aliphatic carbocycles. The lowest BCUT2D eigenvalue weighted by atomic mass is 9.95. The lowest BCUT2D eigenvalue weighted by Gasteiger charge is -2.17. The first kappa shape index (κ1) is 19.1. The molecule has 2 N–H and O–H groups in total. The van der Waals surface area contributed by atoms with E-state index in [4.69, 9.17) is 0 Å². The molecule has 0 aliphatic heterocycles. The second-order valence-electron chi connectivity index (χ2n) is 6.61. The summed E-state index contributed by atoms with van der Waals surface area (Å²) in [7, 11) is 0. The zero-order valence-electron chi connectivity index (χ0n) is 14.7. The van der Waals surface area contributed by atoms with Gasteiger partial charge in [-0.3, -0.25) is 4.79 Å². The first-order valence-corrected chi connectivity index (χ1v) is 9.12. The molecule has 2 aromatic rings. The highest BCUT2D eigenvalue weighted by molar-refractivity contribution is 8.00. The second kappa shape index (κ2) is 8.21. The number of carbonyl (C=O) groups is 2. The van der Waals surface area contributed by atoms with Crippen molar-refractivity contribution in [1.82, 2.24) is 5.32 Å². The third kappa shape index (κ3) is 5.36. The Kier molecular flexibility index (Phi) is 6.26. The normalized spacial score (nSPS) is 11.2. The van der Waals surface area contributed by atoms with Crippen LogP contribution in [0.1, 0.15) is 41.5 Å². The summed E-state index contributed by atoms with van der Waals surface area (Å²) in [4.78, 5) is 24.1. The van der Waals surface area contributed by atoms with Crippen molar-refractivity contribution in [3.63, 3.8) is 0 Å². The van der Waals surface area contributed by atoms with Crippen molar-refractivity contribution in [2.24, 2.45) is 0 Å². The van der Waals surface area contributed by atoms with Gasteiger partial charge in [0.05, 0.1) is 5.56 Å². The van der Waals surface area contributed by atoms with E-state index in [1.807, 2.05) is 0 Å². The summed E-state index contributed by atoms with van der Waals surface area (Å²) >= 11 is 1.79. The SMILES string of the molecule is CC(C)(C)SCCNC(=O)c1ccccc1-c1ccccc1C(=O)O. The summed E-state index contributed by atoms with van der Waals surface area (Å²) in [5.41, 5.74) is 1.84. The number of carbonyl (C=O) groups excluding carboxylic acids is 1. The van der Waals surface area contributed by atoms with Gasteiger partial charge in [0.2, 0.25) is 0 Å². The molecule has 0 radical (unpaired) electrons. The molecule has 0 heterocycles. The van der Waals surface area contributed by atoms with Gasteiger partial charge in [0.1, 0.15) is 0 Å². The lowest BCUT2D eigenvalue weighted by molar-refractivity contribution is 0.0697. The van der Waals surface area contributed by atoms with E-state index >= 15 is 0 Å². The largest absolute Gasteiger partial charge is 0.478 e. The zero-order valence-corrected chi connectivity index (χ0v) is 15.5. The van der Waals surface area contributed by atoms with Crippen molar-refractivity contribution in [2.45, 2.75) is 25.5 Å². The topological polar surface area (TPSA) is 66.4 Å². The van der Waals surface area contributed by atoms with Crippen LogP contribution in [0.2, 0.25) is 0 Å². The Balaban J connectivity index is 2.21. The standard InChI is InChI=1S/C20H23NO3S/c1-20(2,3)25-13-12-21-18(22)16-10-6-4-8-14(16)15-9-5-7-11-17(15)19(23)24/h4-11H,12-13H2,1-3H3,(H,21,22)(H,23,24). The van der Waals surface area contributed by atoms with Gasteiger partial charge in [-0.1, -0.05) is 57.2 Å². The van der Waals surface area contributed by atoms with Gasteiger partial charge in [-0.2, -0.15) is 11.8 Å². The van der Waals surface area contributed by atoms with Crippen LogP contribution in [0.5, 0.6) is 0 Å². The van der Waals surface area contributed by atoms with Gasteiger partial charge in [0, 0.05) is 22.6 Å². The molecule has 5 heteroatoms. The van der Waals surface area contributed by atoms with Crippen molar-refractivity contribution in [3.8, 4) is 11.1 Å². The number of aromatic carboxylic acids is 1. The van der Waals surface area contributed by atoms with Gasteiger partial charge in [-0.05, 0) is 23.3 Å². The maximum atomic E-state index is 12.6. The maximum absolute atomic E-state index is 12.6. The average molecular weight is 357 g/mol. The maximum Gasteiger partial charge on any atom is 0.336 e. The van der Waals surface area contributed by atoms with Crippen molar-refractivity contribution in [1.29, 1.82) is 0 Å². The Morgan fingerprint density at radius 2 is 1.48 bits per heavy atom. The molecule has 0 saturated heterocycles. The van der Waals surface area contributed by atoms with Crippen LogP contribution in [0, 0.1) is 0 Å². The van der Waals surface area contributed by atoms with Gasteiger partial charge < -0.3 is 10.4 Å². The quantitative estimate of drug-likeness (QED) is 0.756. The van der Waals surface area contributed by atoms with Gasteiger partial charge in [-0.15, -0.1) is 0 Å². The second-order valence-corrected chi connectivity index (χ2v) is 8.53. The molecule has 0 atom stereocenters. The summed E-state index contributed by atoms with van der Waals surface area (Å²) < 4.78 is 0.156. The summed E-state index contributed by atoms with van der Waals surface area (Å²) in [5, 5.41) is 12.3. The highest BCUT2D eigenvalue weighted by Crippen LogP contribution is 2.27. The van der Waals surface area contributed by atoms with Gasteiger partial charge in [-0.25, -0.2) is 4.79 Å². The summed E-state index contributed by atoms with van der Waals surface area (Å²) in [6, 6.07) is 13.8. The molecular weight excluding hydrogens is 334 g/mol. The summed E-state index contributed by atoms with van der Waals surface area (Å²) in [6.07, 6.45) is 0. The molecule has 2 aromatic carbocycles. The molecule has 0 aliphatic rings. The fraction of sp³-hybridized carbons (Fsp3) is 0.300. The third-order valence-electron chi connectivity index (χ3n) is 3.54. The number of carboxylic acid groups (broad SMARTS) is 1. The van der Waals surface area contributed by atoms with Crippen molar-refractivity contribution < 1.29 is 14.7 Å². The molecular formula is C20H23NO3S. The number of carboxylic acids is 1. The number of nitrogens with one attached hydrogen (secondary N) is 1. The number of amides is 1. The van der Waals surface area contributed by atoms with E-state index in [1.165, 1.54) is 0 Å². The Morgan fingerprint density at radius 1 is 0.960 bits per heavy atom. The first-order chi connectivity index (χ1) is 11.8. The lowest BCUT2D eigenvalue weighted by Crippen LogP contribution is -2.27. The van der Waals surface area contributed by atoms with Crippen molar-refractivity contribution in [3.05, 3.63) is 59.7 Å². The minimum atomic E-state index is -1.01. The van der Waals surface area contributed by atoms with Crippen LogP contribution < -0.4 is 5.32 Å². The Labute approximate surface area is 152 Å². The van der Waals surface area contributed by atoms with E-state index in [2.05, 4.69) is 26.1 Å². The fourth-order valence-corrected chi connectivity index (χ4v) is 3.25. The molecule has 0 aromatic heterocycles.